The van der Waals surface area contributed by atoms with E-state index in [1.807, 2.05) is 19.9 Å². The van der Waals surface area contributed by atoms with E-state index in [0.717, 1.165) is 17.9 Å². The van der Waals surface area contributed by atoms with Crippen LogP contribution >= 0.6 is 11.6 Å². The molecular weight excluding hydrogens is 144 g/mol. The lowest BCUT2D eigenvalue weighted by Crippen LogP contribution is -1.83. The summed E-state index contributed by atoms with van der Waals surface area (Å²) in [6, 6.07) is 0. The van der Waals surface area contributed by atoms with E-state index in [4.69, 9.17) is 11.6 Å². The van der Waals surface area contributed by atoms with E-state index < -0.39 is 0 Å². The molecule has 10 heavy (non-hydrogen) atoms. The first-order chi connectivity index (χ1) is 4.80. The molecule has 0 radical (unpaired) electrons. The molecule has 0 fully saturated rings. The van der Waals surface area contributed by atoms with E-state index in [1.165, 1.54) is 5.57 Å². The first-order valence-electron chi connectivity index (χ1n) is 3.82. The predicted octanol–water partition coefficient (Wildman–Crippen LogP) is 3.88. The molecule has 0 aromatic rings. The highest BCUT2D eigenvalue weighted by atomic mass is 35.5. The third-order valence-corrected chi connectivity index (χ3v) is 1.81. The molecular formula is C9H15Cl. The summed E-state index contributed by atoms with van der Waals surface area (Å²) in [6.45, 7) is 6.08. The monoisotopic (exact) mass is 158 g/mol. The van der Waals surface area contributed by atoms with E-state index >= 15 is 0 Å². The molecule has 1 aliphatic rings. The van der Waals surface area contributed by atoms with Crippen molar-refractivity contribution in [3.63, 3.8) is 0 Å². The van der Waals surface area contributed by atoms with Gasteiger partial charge < -0.3 is 0 Å². The normalized spacial score (nSPS) is 16.4. The second-order valence-corrected chi connectivity index (χ2v) is 2.48. The van der Waals surface area contributed by atoms with Crippen LogP contribution in [0.2, 0.25) is 0 Å². The molecule has 0 saturated carbocycles. The molecule has 1 aliphatic carbocycles. The lowest BCUT2D eigenvalue weighted by atomic mass is 10.1. The van der Waals surface area contributed by atoms with E-state index in [2.05, 4.69) is 13.0 Å². The maximum Gasteiger partial charge on any atom is 0.0392 e. The second-order valence-electron chi connectivity index (χ2n) is 2.07. The first-order valence-corrected chi connectivity index (χ1v) is 4.20. The van der Waals surface area contributed by atoms with E-state index in [9.17, 15) is 0 Å². The number of rotatable bonds is 0. The summed E-state index contributed by atoms with van der Waals surface area (Å²) in [7, 11) is 0. The van der Waals surface area contributed by atoms with Gasteiger partial charge in [0.2, 0.25) is 0 Å². The number of hydrogen-bond acceptors (Lipinski definition) is 0. The maximum atomic E-state index is 5.76. The molecule has 0 aliphatic heterocycles. The predicted molar refractivity (Wildman–Crippen MR) is 48.3 cm³/mol. The van der Waals surface area contributed by atoms with E-state index in [0.29, 0.717) is 0 Å². The Balaban J connectivity index is 0.000000371. The van der Waals surface area contributed by atoms with E-state index in [-0.39, 0.29) is 0 Å². The van der Waals surface area contributed by atoms with Gasteiger partial charge in [-0.15, -0.1) is 0 Å². The van der Waals surface area contributed by atoms with Crippen molar-refractivity contribution in [1.82, 2.24) is 0 Å². The molecule has 58 valence electrons. The zero-order valence-electron chi connectivity index (χ0n) is 6.95. The largest absolute Gasteiger partial charge is 0.0844 e. The fourth-order valence-corrected chi connectivity index (χ4v) is 0.932. The molecule has 0 unspecified atom stereocenters. The van der Waals surface area contributed by atoms with Crippen molar-refractivity contribution < 1.29 is 0 Å². The molecule has 0 N–H and O–H groups in total. The van der Waals surface area contributed by atoms with Gasteiger partial charge in [0.1, 0.15) is 0 Å². The third kappa shape index (κ3) is 3.07. The van der Waals surface area contributed by atoms with Crippen LogP contribution in [0.4, 0.5) is 0 Å². The summed E-state index contributed by atoms with van der Waals surface area (Å²) in [5.41, 5.74) is 1.31. The highest BCUT2D eigenvalue weighted by molar-refractivity contribution is 6.31. The van der Waals surface area contributed by atoms with Crippen molar-refractivity contribution in [2.45, 2.75) is 33.6 Å². The van der Waals surface area contributed by atoms with Gasteiger partial charge >= 0.3 is 0 Å². The molecule has 1 heteroatoms. The quantitative estimate of drug-likeness (QED) is 0.502. The summed E-state index contributed by atoms with van der Waals surface area (Å²) < 4.78 is 0. The minimum atomic E-state index is 0.927. The van der Waals surface area contributed by atoms with Crippen LogP contribution in [0.25, 0.3) is 0 Å². The van der Waals surface area contributed by atoms with Crippen molar-refractivity contribution in [1.29, 1.82) is 0 Å². The van der Waals surface area contributed by atoms with Gasteiger partial charge in [0.05, 0.1) is 0 Å². The van der Waals surface area contributed by atoms with Gasteiger partial charge in [0.25, 0.3) is 0 Å². The standard InChI is InChI=1S/C7H9Cl.C2H6/c1-6-4-2-3-5-7(6)8;1-2/h3,5H,2,4H2,1H3;1-2H3. The van der Waals surface area contributed by atoms with Crippen LogP contribution in [-0.4, -0.2) is 0 Å². The van der Waals surface area contributed by atoms with Crippen LogP contribution in [0, 0.1) is 0 Å². The van der Waals surface area contributed by atoms with Crippen LogP contribution in [0.15, 0.2) is 22.8 Å². The van der Waals surface area contributed by atoms with Crippen LogP contribution in [-0.2, 0) is 0 Å². The zero-order valence-corrected chi connectivity index (χ0v) is 7.70. The highest BCUT2D eigenvalue weighted by Gasteiger charge is 1.98. The van der Waals surface area contributed by atoms with Gasteiger partial charge in [0.15, 0.2) is 0 Å². The first kappa shape index (κ1) is 9.77. The van der Waals surface area contributed by atoms with Crippen molar-refractivity contribution in [3.05, 3.63) is 22.8 Å². The lowest BCUT2D eigenvalue weighted by molar-refractivity contribution is 0.956. The lowest BCUT2D eigenvalue weighted by Gasteiger charge is -2.04. The smallest absolute Gasteiger partial charge is 0.0392 e. The van der Waals surface area contributed by atoms with Crippen molar-refractivity contribution in [2.75, 3.05) is 0 Å². The SMILES string of the molecule is CC.CC1=C(Cl)C=CCC1. The van der Waals surface area contributed by atoms with Crippen LogP contribution in [0.1, 0.15) is 33.6 Å². The fraction of sp³-hybridized carbons (Fsp3) is 0.556. The molecule has 0 heterocycles. The average Bonchev–Trinajstić information content (AvgIpc) is 2.00. The summed E-state index contributed by atoms with van der Waals surface area (Å²) in [5.74, 6) is 0. The summed E-state index contributed by atoms with van der Waals surface area (Å²) in [5, 5.41) is 0.927. The minimum absolute atomic E-state index is 0.927. The topological polar surface area (TPSA) is 0 Å². The third-order valence-electron chi connectivity index (χ3n) is 1.36. The van der Waals surface area contributed by atoms with Gasteiger partial charge in [-0.3, -0.25) is 0 Å². The Kier molecular flexibility index (Phi) is 5.42. The fourth-order valence-electron chi connectivity index (χ4n) is 0.748. The van der Waals surface area contributed by atoms with Crippen molar-refractivity contribution >= 4 is 11.6 Å². The number of halogens is 1. The summed E-state index contributed by atoms with van der Waals surface area (Å²) in [4.78, 5) is 0. The van der Waals surface area contributed by atoms with Crippen molar-refractivity contribution in [3.8, 4) is 0 Å². The molecule has 0 atom stereocenters. The summed E-state index contributed by atoms with van der Waals surface area (Å²) >= 11 is 5.76. The molecule has 0 aromatic heterocycles. The van der Waals surface area contributed by atoms with Crippen LogP contribution in [0.5, 0.6) is 0 Å². The Bertz CT molecular complexity index is 143. The maximum absolute atomic E-state index is 5.76. The Morgan fingerprint density at radius 1 is 1.40 bits per heavy atom. The molecule has 0 aromatic carbocycles. The zero-order chi connectivity index (χ0) is 7.98. The molecule has 0 bridgehead atoms. The molecule has 0 nitrogen and oxygen atoms in total. The van der Waals surface area contributed by atoms with Crippen molar-refractivity contribution in [2.24, 2.45) is 0 Å². The van der Waals surface area contributed by atoms with Gasteiger partial charge in [-0.2, -0.15) is 0 Å². The van der Waals surface area contributed by atoms with Crippen LogP contribution in [0.3, 0.4) is 0 Å². The van der Waals surface area contributed by atoms with Gasteiger partial charge in [0, 0.05) is 5.03 Å². The minimum Gasteiger partial charge on any atom is -0.0844 e. The number of hydrogen-bond donors (Lipinski definition) is 0. The van der Waals surface area contributed by atoms with Crippen LogP contribution < -0.4 is 0 Å². The van der Waals surface area contributed by atoms with Gasteiger partial charge in [-0.05, 0) is 25.8 Å². The van der Waals surface area contributed by atoms with Gasteiger partial charge in [-0.1, -0.05) is 37.1 Å². The Labute approximate surface area is 68.6 Å². The van der Waals surface area contributed by atoms with Gasteiger partial charge in [-0.25, -0.2) is 0 Å². The highest BCUT2D eigenvalue weighted by Crippen LogP contribution is 2.20. The van der Waals surface area contributed by atoms with E-state index in [1.54, 1.807) is 0 Å². The Morgan fingerprint density at radius 3 is 2.30 bits per heavy atom. The Hall–Kier alpha value is -0.230. The second kappa shape index (κ2) is 5.55. The Morgan fingerprint density at radius 2 is 2.00 bits per heavy atom. The molecule has 0 spiro atoms. The summed E-state index contributed by atoms with van der Waals surface area (Å²) in [6.07, 6.45) is 6.37. The molecule has 0 saturated heterocycles. The number of allylic oxidation sites excluding steroid dienone is 4. The average molecular weight is 159 g/mol. The molecule has 0 amide bonds. The molecule has 1 rings (SSSR count).